The molecule has 0 aliphatic rings. The Morgan fingerprint density at radius 3 is 1.79 bits per heavy atom. The van der Waals surface area contributed by atoms with Crippen molar-refractivity contribution in [2.75, 3.05) is 0 Å². The molecule has 0 saturated heterocycles. The summed E-state index contributed by atoms with van der Waals surface area (Å²) in [5.74, 6) is -0.333. The number of nitrogens with zero attached hydrogens (tertiary/aromatic N) is 1. The number of thioether (sulfide) groups is 1. The summed E-state index contributed by atoms with van der Waals surface area (Å²) in [5.41, 5.74) is 8.94. The van der Waals surface area contributed by atoms with Gasteiger partial charge in [0.15, 0.2) is 5.96 Å². The first-order valence-electron chi connectivity index (χ1n) is 2.48. The number of alkyl halides is 3. The fraction of sp³-hybridized carbons (Fsp3) is 0.250. The second-order valence-electron chi connectivity index (χ2n) is 1.43. The van der Waals surface area contributed by atoms with Gasteiger partial charge in [-0.15, -0.1) is 0 Å². The van der Waals surface area contributed by atoms with Gasteiger partial charge in [0.05, 0.1) is 0 Å². The third-order valence-electron chi connectivity index (χ3n) is 0.370. The van der Waals surface area contributed by atoms with Crippen LogP contribution in [0.4, 0.5) is 13.2 Å². The molecule has 0 spiro atoms. The molecule has 0 bridgehead atoms. The largest absolute Gasteiger partial charge is 0.461 e. The summed E-state index contributed by atoms with van der Waals surface area (Å²) < 4.78 is 33.3. The topological polar surface area (TPSA) is 117 Å². The van der Waals surface area contributed by atoms with Crippen molar-refractivity contribution in [3.05, 3.63) is 0 Å². The number of nitriles is 1. The number of thiocyanates is 1. The standard InChI is InChI=1S/C3F3NOS.CH5N3.Cs/c4-3(5,6)2(8)9-1-7;2-1(3)4;/h;(H5,2,3,4);. The third-order valence-corrected chi connectivity index (χ3v) is 0.878. The number of carbonyl (C=O) groups excluding carboxylic acids is 1. The molecule has 0 unspecified atom stereocenters. The van der Waals surface area contributed by atoms with Crippen LogP contribution in [0.25, 0.3) is 0 Å². The van der Waals surface area contributed by atoms with Crippen LogP contribution in [0, 0.1) is 16.1 Å². The van der Waals surface area contributed by atoms with Gasteiger partial charge in [-0.1, -0.05) is 0 Å². The van der Waals surface area contributed by atoms with E-state index in [9.17, 15) is 18.0 Å². The Labute approximate surface area is 141 Å². The number of rotatable bonds is 0. The molecule has 0 heterocycles. The van der Waals surface area contributed by atoms with E-state index in [0.29, 0.717) is 0 Å². The van der Waals surface area contributed by atoms with Crippen molar-refractivity contribution in [1.82, 2.24) is 0 Å². The van der Waals surface area contributed by atoms with Gasteiger partial charge in [-0.2, -0.15) is 18.4 Å². The van der Waals surface area contributed by atoms with Crippen LogP contribution in [0.15, 0.2) is 0 Å². The minimum atomic E-state index is -4.89. The molecule has 5 N–H and O–H groups in total. The molecule has 0 amide bonds. The molecule has 14 heavy (non-hydrogen) atoms. The Bertz CT molecular complexity index is 234. The molecule has 5 nitrogen and oxygen atoms in total. The molecule has 0 aliphatic carbocycles. The monoisotopic (exact) mass is 347 g/mol. The number of carbonyl (C=O) groups is 1. The molecule has 0 atom stereocenters. The zero-order chi connectivity index (χ0) is 11.1. The molecular formula is C4H5CsF3N4OS. The van der Waals surface area contributed by atoms with E-state index in [4.69, 9.17) is 10.7 Å². The minimum absolute atomic E-state index is 0. The minimum Gasteiger partial charge on any atom is -0.370 e. The van der Waals surface area contributed by atoms with Crippen molar-refractivity contribution in [3.8, 4) is 5.40 Å². The number of nitrogens with one attached hydrogen (secondary N) is 1. The van der Waals surface area contributed by atoms with Crippen LogP contribution in [0.2, 0.25) is 0 Å². The number of hydrogen-bond acceptors (Lipinski definition) is 4. The summed E-state index contributed by atoms with van der Waals surface area (Å²) in [6, 6.07) is 0. The summed E-state index contributed by atoms with van der Waals surface area (Å²) in [6.45, 7) is 0. The van der Waals surface area contributed by atoms with E-state index in [2.05, 4.69) is 11.5 Å². The molecule has 0 aromatic carbocycles. The summed E-state index contributed by atoms with van der Waals surface area (Å²) in [6.07, 6.45) is -4.89. The van der Waals surface area contributed by atoms with E-state index in [0.717, 1.165) is 5.40 Å². The number of hydrogen-bond donors (Lipinski definition) is 3. The molecule has 1 radical (unpaired) electrons. The average molecular weight is 347 g/mol. The quantitative estimate of drug-likeness (QED) is 0.317. The summed E-state index contributed by atoms with van der Waals surface area (Å²) in [5, 5.41) is 12.6. The SMILES string of the molecule is N#CSC(=O)C(F)(F)F.N=C(N)N.[Cs]. The van der Waals surface area contributed by atoms with Crippen molar-refractivity contribution in [2.24, 2.45) is 11.5 Å². The van der Waals surface area contributed by atoms with Gasteiger partial charge >= 0.3 is 11.3 Å². The maximum atomic E-state index is 11.1. The molecule has 75 valence electrons. The second-order valence-corrected chi connectivity index (χ2v) is 2.19. The van der Waals surface area contributed by atoms with Gasteiger partial charge in [0, 0.05) is 80.7 Å². The molecule has 0 fully saturated rings. The van der Waals surface area contributed by atoms with Crippen LogP contribution in [-0.2, 0) is 4.79 Å². The van der Waals surface area contributed by atoms with E-state index in [1.165, 1.54) is 0 Å². The molecule has 0 aromatic rings. The van der Waals surface area contributed by atoms with Gasteiger partial charge in [-0.25, -0.2) is 0 Å². The molecule has 0 aliphatic heterocycles. The summed E-state index contributed by atoms with van der Waals surface area (Å²) in [4.78, 5) is 9.68. The van der Waals surface area contributed by atoms with E-state index in [1.54, 1.807) is 0 Å². The zero-order valence-corrected chi connectivity index (χ0v) is 14.1. The maximum absolute atomic E-state index is 11.1. The van der Waals surface area contributed by atoms with Gasteiger partial charge in [-0.05, 0) is 0 Å². The van der Waals surface area contributed by atoms with Crippen LogP contribution >= 0.6 is 11.8 Å². The molecule has 0 aromatic heterocycles. The van der Waals surface area contributed by atoms with E-state index < -0.39 is 23.1 Å². The second kappa shape index (κ2) is 10.2. The van der Waals surface area contributed by atoms with Crippen LogP contribution in [0.5, 0.6) is 0 Å². The molecule has 0 saturated carbocycles. The Kier molecular flexibility index (Phi) is 14.6. The van der Waals surface area contributed by atoms with Gasteiger partial charge in [-0.3, -0.25) is 10.2 Å². The van der Waals surface area contributed by atoms with E-state index >= 15 is 0 Å². The first kappa shape index (κ1) is 20.1. The van der Waals surface area contributed by atoms with Crippen LogP contribution in [-0.4, -0.2) is 86.1 Å². The Balaban J connectivity index is -0.000000209. The normalized spacial score (nSPS) is 8.43. The van der Waals surface area contributed by atoms with Crippen molar-refractivity contribution >= 4 is 91.7 Å². The van der Waals surface area contributed by atoms with Gasteiger partial charge < -0.3 is 11.5 Å². The van der Waals surface area contributed by atoms with Crippen LogP contribution < -0.4 is 11.5 Å². The van der Waals surface area contributed by atoms with Crippen LogP contribution in [0.3, 0.4) is 0 Å². The zero-order valence-electron chi connectivity index (χ0n) is 7.05. The Morgan fingerprint density at radius 1 is 1.43 bits per heavy atom. The predicted molar refractivity (Wildman–Crippen MR) is 46.1 cm³/mol. The number of nitrogens with two attached hydrogens (primary N) is 2. The smallest absolute Gasteiger partial charge is 0.370 e. The summed E-state index contributed by atoms with van der Waals surface area (Å²) >= 11 is -0.420. The average Bonchev–Trinajstić information content (AvgIpc) is 1.84. The fourth-order valence-corrected chi connectivity index (χ4v) is 0.298. The fourth-order valence-electron chi connectivity index (χ4n) is 0.0993. The van der Waals surface area contributed by atoms with Crippen LogP contribution in [0.1, 0.15) is 0 Å². The maximum Gasteiger partial charge on any atom is 0.461 e. The number of halogens is 3. The predicted octanol–water partition coefficient (Wildman–Crippen LogP) is -0.253. The Hall–Kier alpha value is 0.622. The summed E-state index contributed by atoms with van der Waals surface area (Å²) in [7, 11) is 0. The van der Waals surface area contributed by atoms with Gasteiger partial charge in [0.2, 0.25) is 0 Å². The van der Waals surface area contributed by atoms with Gasteiger partial charge in [0.1, 0.15) is 5.40 Å². The number of guanidine groups is 1. The first-order chi connectivity index (χ1) is 5.71. The first-order valence-corrected chi connectivity index (χ1v) is 3.30. The van der Waals surface area contributed by atoms with Gasteiger partial charge in [0.25, 0.3) is 0 Å². The molecule has 0 rings (SSSR count). The Morgan fingerprint density at radius 2 is 1.71 bits per heavy atom. The van der Waals surface area contributed by atoms with Crippen molar-refractivity contribution in [2.45, 2.75) is 6.18 Å². The van der Waals surface area contributed by atoms with E-state index in [1.807, 2.05) is 0 Å². The molecule has 10 heteroatoms. The molecular weight excluding hydrogens is 342 g/mol. The van der Waals surface area contributed by atoms with Crippen molar-refractivity contribution in [3.63, 3.8) is 0 Å². The third kappa shape index (κ3) is 18.4. The van der Waals surface area contributed by atoms with Crippen molar-refractivity contribution < 1.29 is 18.0 Å². The van der Waals surface area contributed by atoms with Crippen molar-refractivity contribution in [1.29, 1.82) is 10.7 Å². The van der Waals surface area contributed by atoms with E-state index in [-0.39, 0.29) is 74.9 Å².